The van der Waals surface area contributed by atoms with Crippen molar-refractivity contribution in [2.45, 2.75) is 0 Å². The molecule has 0 saturated heterocycles. The Kier molecular flexibility index (Phi) is 5.36. The van der Waals surface area contributed by atoms with Crippen LogP contribution >= 0.6 is 15.9 Å². The molecule has 0 bridgehead atoms. The number of halogens is 1. The molecular weight excluding hydrogens is 228 g/mol. The van der Waals surface area contributed by atoms with Crippen LogP contribution in [-0.2, 0) is 19.1 Å². The molecule has 5 heteroatoms. The van der Waals surface area contributed by atoms with Gasteiger partial charge in [-0.25, -0.2) is 9.59 Å². The molecule has 68 valence electrons. The molecule has 0 rings (SSSR count). The Balaban J connectivity index is 4.55. The summed E-state index contributed by atoms with van der Waals surface area (Å²) < 4.78 is 8.72. The Morgan fingerprint density at radius 1 is 1.25 bits per heavy atom. The molecule has 0 aromatic carbocycles. The number of allylic oxidation sites excluding steroid dienone is 1. The molecule has 0 unspecified atom stereocenters. The third kappa shape index (κ3) is 3.04. The van der Waals surface area contributed by atoms with Crippen LogP contribution in [0.3, 0.4) is 0 Å². The van der Waals surface area contributed by atoms with Gasteiger partial charge in [-0.05, 0) is 0 Å². The van der Waals surface area contributed by atoms with Crippen LogP contribution in [0.5, 0.6) is 0 Å². The van der Waals surface area contributed by atoms with E-state index in [1.807, 2.05) is 0 Å². The van der Waals surface area contributed by atoms with Gasteiger partial charge >= 0.3 is 11.9 Å². The quantitative estimate of drug-likeness (QED) is 0.238. The van der Waals surface area contributed by atoms with Crippen molar-refractivity contribution in [3.63, 3.8) is 0 Å². The smallest absolute Gasteiger partial charge is 0.344 e. The van der Waals surface area contributed by atoms with Gasteiger partial charge in [0.2, 0.25) is 0 Å². The highest BCUT2D eigenvalue weighted by Gasteiger charge is 2.18. The van der Waals surface area contributed by atoms with Crippen molar-refractivity contribution >= 4 is 27.9 Å². The number of hydrogen-bond acceptors (Lipinski definition) is 4. The number of alkyl halides is 1. The molecule has 0 aromatic heterocycles. The second-order valence-electron chi connectivity index (χ2n) is 1.76. The molecule has 0 radical (unpaired) electrons. The van der Waals surface area contributed by atoms with Gasteiger partial charge < -0.3 is 9.47 Å². The van der Waals surface area contributed by atoms with Gasteiger partial charge in [-0.1, -0.05) is 22.0 Å². The third-order valence-electron chi connectivity index (χ3n) is 1.09. The maximum absolute atomic E-state index is 10.9. The summed E-state index contributed by atoms with van der Waals surface area (Å²) >= 11 is 3.05. The summed E-state index contributed by atoms with van der Waals surface area (Å²) in [5, 5.41) is 0.395. The van der Waals surface area contributed by atoms with Crippen molar-refractivity contribution in [2.75, 3.05) is 19.5 Å². The second-order valence-corrected chi connectivity index (χ2v) is 2.40. The lowest BCUT2D eigenvalue weighted by Crippen LogP contribution is -2.15. The van der Waals surface area contributed by atoms with Crippen LogP contribution in [0.4, 0.5) is 0 Å². The summed E-state index contributed by atoms with van der Waals surface area (Å²) in [6.45, 7) is 0. The minimum absolute atomic E-state index is 0.100. The standard InChI is InChI=1S/C7H9BrO4/c1-11-6(9)5(3-4-8)7(10)12-2/h3H,4H2,1-2H3. The van der Waals surface area contributed by atoms with Crippen LogP contribution in [0.15, 0.2) is 11.6 Å². The number of carbonyl (C=O) groups is 2. The fourth-order valence-electron chi connectivity index (χ4n) is 0.547. The summed E-state index contributed by atoms with van der Waals surface area (Å²) in [6, 6.07) is 0. The molecule has 0 aromatic rings. The Morgan fingerprint density at radius 2 is 1.67 bits per heavy atom. The van der Waals surface area contributed by atoms with E-state index >= 15 is 0 Å². The molecule has 0 N–H and O–H groups in total. The van der Waals surface area contributed by atoms with Crippen molar-refractivity contribution in [3.05, 3.63) is 11.6 Å². The maximum Gasteiger partial charge on any atom is 0.344 e. The Bertz CT molecular complexity index is 191. The lowest BCUT2D eigenvalue weighted by atomic mass is 10.2. The van der Waals surface area contributed by atoms with Crippen molar-refractivity contribution in [1.82, 2.24) is 0 Å². The molecule has 0 atom stereocenters. The van der Waals surface area contributed by atoms with Crippen LogP contribution in [0.1, 0.15) is 0 Å². The van der Waals surface area contributed by atoms with E-state index in [0.717, 1.165) is 0 Å². The van der Waals surface area contributed by atoms with Gasteiger partial charge in [0.15, 0.2) is 0 Å². The molecule has 0 amide bonds. The minimum Gasteiger partial charge on any atom is -0.465 e. The summed E-state index contributed by atoms with van der Waals surface area (Å²) in [5.41, 5.74) is -0.100. The van der Waals surface area contributed by atoms with Crippen LogP contribution < -0.4 is 0 Å². The highest BCUT2D eigenvalue weighted by molar-refractivity contribution is 9.09. The van der Waals surface area contributed by atoms with Gasteiger partial charge in [-0.15, -0.1) is 0 Å². The lowest BCUT2D eigenvalue weighted by molar-refractivity contribution is -0.144. The Morgan fingerprint density at radius 3 is 1.92 bits per heavy atom. The molecule has 0 aliphatic rings. The Labute approximate surface area is 78.7 Å². The van der Waals surface area contributed by atoms with E-state index in [2.05, 4.69) is 25.4 Å². The monoisotopic (exact) mass is 236 g/mol. The highest BCUT2D eigenvalue weighted by atomic mass is 79.9. The zero-order chi connectivity index (χ0) is 9.56. The van der Waals surface area contributed by atoms with Crippen molar-refractivity contribution in [2.24, 2.45) is 0 Å². The number of esters is 2. The summed E-state index contributed by atoms with van der Waals surface area (Å²) in [7, 11) is 2.40. The van der Waals surface area contributed by atoms with E-state index in [-0.39, 0.29) is 5.57 Å². The summed E-state index contributed by atoms with van der Waals surface area (Å²) in [6.07, 6.45) is 1.39. The van der Waals surface area contributed by atoms with E-state index in [9.17, 15) is 9.59 Å². The van der Waals surface area contributed by atoms with Crippen molar-refractivity contribution < 1.29 is 19.1 Å². The number of hydrogen-bond donors (Lipinski definition) is 0. The first kappa shape index (κ1) is 11.2. The summed E-state index contributed by atoms with van der Waals surface area (Å²) in [4.78, 5) is 21.8. The predicted octanol–water partition coefficient (Wildman–Crippen LogP) is 0.654. The third-order valence-corrected chi connectivity index (χ3v) is 1.42. The van der Waals surface area contributed by atoms with Crippen molar-refractivity contribution in [3.8, 4) is 0 Å². The van der Waals surface area contributed by atoms with E-state index in [1.54, 1.807) is 0 Å². The van der Waals surface area contributed by atoms with E-state index < -0.39 is 11.9 Å². The second kappa shape index (κ2) is 5.77. The maximum atomic E-state index is 10.9. The van der Waals surface area contributed by atoms with Gasteiger partial charge in [0.25, 0.3) is 0 Å². The van der Waals surface area contributed by atoms with Gasteiger partial charge in [0, 0.05) is 5.33 Å². The van der Waals surface area contributed by atoms with Gasteiger partial charge in [-0.2, -0.15) is 0 Å². The molecule has 4 nitrogen and oxygen atoms in total. The number of ether oxygens (including phenoxy) is 2. The molecule has 0 spiro atoms. The van der Waals surface area contributed by atoms with Crippen molar-refractivity contribution in [1.29, 1.82) is 0 Å². The average molecular weight is 237 g/mol. The Hall–Kier alpha value is -0.840. The molecule has 0 aliphatic carbocycles. The van der Waals surface area contributed by atoms with E-state index in [1.165, 1.54) is 20.3 Å². The zero-order valence-electron chi connectivity index (χ0n) is 6.80. The molecule has 0 fully saturated rings. The zero-order valence-corrected chi connectivity index (χ0v) is 8.38. The van der Waals surface area contributed by atoms with Crippen LogP contribution in [0, 0.1) is 0 Å². The van der Waals surface area contributed by atoms with E-state index in [4.69, 9.17) is 0 Å². The molecule has 12 heavy (non-hydrogen) atoms. The summed E-state index contributed by atoms with van der Waals surface area (Å²) in [5.74, 6) is -1.39. The van der Waals surface area contributed by atoms with E-state index in [0.29, 0.717) is 5.33 Å². The molecule has 0 aliphatic heterocycles. The van der Waals surface area contributed by atoms with Crippen LogP contribution in [-0.4, -0.2) is 31.5 Å². The highest BCUT2D eigenvalue weighted by Crippen LogP contribution is 2.01. The van der Waals surface area contributed by atoms with Crippen LogP contribution in [0.2, 0.25) is 0 Å². The first-order valence-electron chi connectivity index (χ1n) is 3.10. The predicted molar refractivity (Wildman–Crippen MR) is 45.9 cm³/mol. The largest absolute Gasteiger partial charge is 0.465 e. The number of methoxy groups -OCH3 is 2. The van der Waals surface area contributed by atoms with Gasteiger partial charge in [0.1, 0.15) is 5.57 Å². The normalized spacial score (nSPS) is 8.58. The first-order chi connectivity index (χ1) is 5.67. The molecule has 0 heterocycles. The average Bonchev–Trinajstić information content (AvgIpc) is 2.11. The van der Waals surface area contributed by atoms with Gasteiger partial charge in [-0.3, -0.25) is 0 Å². The first-order valence-corrected chi connectivity index (χ1v) is 4.22. The minimum atomic E-state index is -0.693. The number of carbonyl (C=O) groups excluding carboxylic acids is 2. The fourth-order valence-corrected chi connectivity index (χ4v) is 0.871. The van der Waals surface area contributed by atoms with Gasteiger partial charge in [0.05, 0.1) is 14.2 Å². The topological polar surface area (TPSA) is 52.6 Å². The number of rotatable bonds is 3. The lowest BCUT2D eigenvalue weighted by Gasteiger charge is -2.01. The molecule has 0 saturated carbocycles. The van der Waals surface area contributed by atoms with Crippen LogP contribution in [0.25, 0.3) is 0 Å². The molecular formula is C7H9BrO4. The fraction of sp³-hybridized carbons (Fsp3) is 0.429. The SMILES string of the molecule is COC(=O)C(=CCBr)C(=O)OC.